The molecule has 2 aromatic heterocycles. The van der Waals surface area contributed by atoms with Gasteiger partial charge < -0.3 is 15.2 Å². The van der Waals surface area contributed by atoms with Crippen molar-refractivity contribution >= 4 is 17.6 Å². The van der Waals surface area contributed by atoms with Gasteiger partial charge in [0.25, 0.3) is 0 Å². The van der Waals surface area contributed by atoms with Gasteiger partial charge in [0.2, 0.25) is 5.95 Å². The molecular weight excluding hydrogens is 266 g/mol. The van der Waals surface area contributed by atoms with Crippen molar-refractivity contribution in [3.63, 3.8) is 0 Å². The largest absolute Gasteiger partial charge is 0.360 e. The van der Waals surface area contributed by atoms with Crippen LogP contribution in [0.3, 0.4) is 0 Å². The molecule has 2 aromatic rings. The summed E-state index contributed by atoms with van der Waals surface area (Å²) in [4.78, 5) is 8.79. The molecule has 0 bridgehead atoms. The predicted octanol–water partition coefficient (Wildman–Crippen LogP) is 3.65. The second kappa shape index (κ2) is 6.56. The third kappa shape index (κ3) is 3.93. The molecule has 0 spiro atoms. The van der Waals surface area contributed by atoms with Gasteiger partial charge in [-0.25, -0.2) is 4.98 Å². The average Bonchev–Trinajstić information content (AvgIpc) is 2.73. The molecule has 0 saturated heterocycles. The first-order valence-electron chi connectivity index (χ1n) is 7.59. The van der Waals surface area contributed by atoms with Gasteiger partial charge >= 0.3 is 0 Å². The molecular formula is C15H21N5O. The third-order valence-corrected chi connectivity index (χ3v) is 3.73. The van der Waals surface area contributed by atoms with Crippen LogP contribution < -0.4 is 10.6 Å². The summed E-state index contributed by atoms with van der Waals surface area (Å²) in [6.45, 7) is 1.86. The van der Waals surface area contributed by atoms with Crippen molar-refractivity contribution < 1.29 is 4.52 Å². The number of nitrogens with one attached hydrogen (secondary N) is 2. The van der Waals surface area contributed by atoms with Gasteiger partial charge in [-0.05, 0) is 25.8 Å². The van der Waals surface area contributed by atoms with Crippen LogP contribution in [-0.2, 0) is 0 Å². The SMILES string of the molecule is Cc1cc(Nc2ccnc(NC3CCCCCC3)n2)no1. The molecule has 2 N–H and O–H groups in total. The van der Waals surface area contributed by atoms with Gasteiger partial charge in [-0.2, -0.15) is 4.98 Å². The number of aromatic nitrogens is 3. The molecule has 6 heteroatoms. The van der Waals surface area contributed by atoms with Crippen LogP contribution in [0.2, 0.25) is 0 Å². The minimum Gasteiger partial charge on any atom is -0.360 e. The molecule has 3 rings (SSSR count). The second-order valence-electron chi connectivity index (χ2n) is 5.55. The van der Waals surface area contributed by atoms with Gasteiger partial charge in [-0.3, -0.25) is 0 Å². The van der Waals surface area contributed by atoms with Crippen LogP contribution in [0.4, 0.5) is 17.6 Å². The maximum Gasteiger partial charge on any atom is 0.224 e. The number of rotatable bonds is 4. The lowest BCUT2D eigenvalue weighted by atomic mass is 10.1. The van der Waals surface area contributed by atoms with E-state index in [0.29, 0.717) is 17.8 Å². The Balaban J connectivity index is 1.64. The van der Waals surface area contributed by atoms with E-state index in [1.807, 2.05) is 19.1 Å². The minimum atomic E-state index is 0.483. The smallest absolute Gasteiger partial charge is 0.224 e. The fraction of sp³-hybridized carbons (Fsp3) is 0.533. The monoisotopic (exact) mass is 287 g/mol. The van der Waals surface area contributed by atoms with Gasteiger partial charge in [0.15, 0.2) is 5.82 Å². The van der Waals surface area contributed by atoms with Crippen molar-refractivity contribution in [3.8, 4) is 0 Å². The van der Waals surface area contributed by atoms with Gasteiger partial charge in [-0.15, -0.1) is 0 Å². The normalized spacial score (nSPS) is 16.4. The topological polar surface area (TPSA) is 75.9 Å². The zero-order valence-corrected chi connectivity index (χ0v) is 12.3. The van der Waals surface area contributed by atoms with E-state index in [4.69, 9.17) is 4.52 Å². The highest BCUT2D eigenvalue weighted by Gasteiger charge is 2.13. The van der Waals surface area contributed by atoms with E-state index in [1.165, 1.54) is 38.5 Å². The molecule has 112 valence electrons. The van der Waals surface area contributed by atoms with E-state index in [1.54, 1.807) is 6.20 Å². The van der Waals surface area contributed by atoms with Crippen LogP contribution in [0.25, 0.3) is 0 Å². The Kier molecular flexibility index (Phi) is 4.33. The lowest BCUT2D eigenvalue weighted by molar-refractivity contribution is 0.400. The van der Waals surface area contributed by atoms with Gasteiger partial charge in [-0.1, -0.05) is 30.8 Å². The summed E-state index contributed by atoms with van der Waals surface area (Å²) >= 11 is 0. The average molecular weight is 287 g/mol. The summed E-state index contributed by atoms with van der Waals surface area (Å²) in [6.07, 6.45) is 9.40. The Bertz CT molecular complexity index is 575. The van der Waals surface area contributed by atoms with E-state index >= 15 is 0 Å². The number of hydrogen-bond acceptors (Lipinski definition) is 6. The van der Waals surface area contributed by atoms with Crippen LogP contribution in [0.5, 0.6) is 0 Å². The van der Waals surface area contributed by atoms with E-state index in [2.05, 4.69) is 25.8 Å². The molecule has 1 aliphatic carbocycles. The maximum atomic E-state index is 5.03. The first-order valence-corrected chi connectivity index (χ1v) is 7.59. The van der Waals surface area contributed by atoms with E-state index in [9.17, 15) is 0 Å². The lowest BCUT2D eigenvalue weighted by Crippen LogP contribution is -2.20. The van der Waals surface area contributed by atoms with Crippen molar-refractivity contribution in [2.24, 2.45) is 0 Å². The fourth-order valence-corrected chi connectivity index (χ4v) is 2.66. The van der Waals surface area contributed by atoms with Crippen molar-refractivity contribution in [2.75, 3.05) is 10.6 Å². The predicted molar refractivity (Wildman–Crippen MR) is 81.7 cm³/mol. The molecule has 0 atom stereocenters. The zero-order chi connectivity index (χ0) is 14.5. The summed E-state index contributed by atoms with van der Waals surface area (Å²) < 4.78 is 5.03. The van der Waals surface area contributed by atoms with Crippen LogP contribution in [0.15, 0.2) is 22.9 Å². The fourth-order valence-electron chi connectivity index (χ4n) is 2.66. The Hall–Kier alpha value is -2.11. The van der Waals surface area contributed by atoms with Crippen LogP contribution >= 0.6 is 0 Å². The van der Waals surface area contributed by atoms with Crippen molar-refractivity contribution in [2.45, 2.75) is 51.5 Å². The number of nitrogens with zero attached hydrogens (tertiary/aromatic N) is 3. The molecule has 1 saturated carbocycles. The van der Waals surface area contributed by atoms with Crippen molar-refractivity contribution in [3.05, 3.63) is 24.1 Å². The highest BCUT2D eigenvalue weighted by Crippen LogP contribution is 2.20. The van der Waals surface area contributed by atoms with Gasteiger partial charge in [0, 0.05) is 18.3 Å². The van der Waals surface area contributed by atoms with Gasteiger partial charge in [0.1, 0.15) is 11.6 Å². The van der Waals surface area contributed by atoms with E-state index in [0.717, 1.165) is 11.6 Å². The van der Waals surface area contributed by atoms with E-state index in [-0.39, 0.29) is 0 Å². The van der Waals surface area contributed by atoms with Crippen LogP contribution in [0.1, 0.15) is 44.3 Å². The molecule has 0 aromatic carbocycles. The Morgan fingerprint density at radius 2 is 1.95 bits per heavy atom. The maximum absolute atomic E-state index is 5.03. The van der Waals surface area contributed by atoms with Gasteiger partial charge in [0.05, 0.1) is 0 Å². The molecule has 1 fully saturated rings. The quantitative estimate of drug-likeness (QED) is 0.836. The Labute approximate surface area is 124 Å². The minimum absolute atomic E-state index is 0.483. The molecule has 0 unspecified atom stereocenters. The Morgan fingerprint density at radius 3 is 2.67 bits per heavy atom. The zero-order valence-electron chi connectivity index (χ0n) is 12.3. The molecule has 0 amide bonds. The van der Waals surface area contributed by atoms with Crippen LogP contribution in [0, 0.1) is 6.92 Å². The van der Waals surface area contributed by atoms with Crippen LogP contribution in [-0.4, -0.2) is 21.2 Å². The summed E-state index contributed by atoms with van der Waals surface area (Å²) in [6, 6.07) is 4.14. The number of hydrogen-bond donors (Lipinski definition) is 2. The highest BCUT2D eigenvalue weighted by atomic mass is 16.5. The van der Waals surface area contributed by atoms with E-state index < -0.39 is 0 Å². The summed E-state index contributed by atoms with van der Waals surface area (Å²) in [5.74, 6) is 2.82. The molecule has 2 heterocycles. The molecule has 6 nitrogen and oxygen atoms in total. The third-order valence-electron chi connectivity index (χ3n) is 3.73. The number of anilines is 3. The summed E-state index contributed by atoms with van der Waals surface area (Å²) in [5, 5.41) is 10.5. The lowest BCUT2D eigenvalue weighted by Gasteiger charge is -2.16. The molecule has 0 aliphatic heterocycles. The highest BCUT2D eigenvalue weighted by molar-refractivity contribution is 5.52. The standard InChI is InChI=1S/C15H21N5O/c1-11-10-14(20-21-11)18-13-8-9-16-15(19-13)17-12-6-4-2-3-5-7-12/h8-10,12H,2-7H2,1H3,(H2,16,17,18,19,20). The molecule has 1 aliphatic rings. The van der Waals surface area contributed by atoms with Crippen molar-refractivity contribution in [1.82, 2.24) is 15.1 Å². The summed E-state index contributed by atoms with van der Waals surface area (Å²) in [7, 11) is 0. The van der Waals surface area contributed by atoms with Crippen molar-refractivity contribution in [1.29, 1.82) is 0 Å². The number of aryl methyl sites for hydroxylation is 1. The molecule has 0 radical (unpaired) electrons. The summed E-state index contributed by atoms with van der Waals surface area (Å²) in [5.41, 5.74) is 0. The second-order valence-corrected chi connectivity index (χ2v) is 5.55. The molecule has 21 heavy (non-hydrogen) atoms. The first-order chi connectivity index (χ1) is 10.3. The first kappa shape index (κ1) is 13.9. The Morgan fingerprint density at radius 1 is 1.14 bits per heavy atom.